The van der Waals surface area contributed by atoms with Crippen LogP contribution in [0.1, 0.15) is 12.0 Å². The van der Waals surface area contributed by atoms with Crippen molar-refractivity contribution in [1.82, 2.24) is 14.9 Å². The standard InChI is InChI=1S/C27H28N4O5S/c1-37(33,34)30-23-12-8-21(9-13-23)19-36-25-14-10-22(11-15-25)26-18-31(20-29-26)27(32)28-16-5-17-35-24-6-3-2-4-7-24/h2-4,6-15,18,20,30H,5,16-17,19H2,1H3,(H,28,32). The monoisotopic (exact) mass is 520 g/mol. The smallest absolute Gasteiger partial charge is 0.326 e. The van der Waals surface area contributed by atoms with E-state index in [1.807, 2.05) is 54.6 Å². The number of rotatable bonds is 11. The molecule has 0 spiro atoms. The van der Waals surface area contributed by atoms with Gasteiger partial charge in [0.2, 0.25) is 10.0 Å². The van der Waals surface area contributed by atoms with Gasteiger partial charge >= 0.3 is 6.03 Å². The number of carbonyl (C=O) groups is 1. The summed E-state index contributed by atoms with van der Waals surface area (Å²) in [6, 6.07) is 23.7. The van der Waals surface area contributed by atoms with E-state index in [0.717, 1.165) is 23.1 Å². The largest absolute Gasteiger partial charge is 0.494 e. The number of benzene rings is 3. The second kappa shape index (κ2) is 12.1. The third-order valence-corrected chi connectivity index (χ3v) is 5.85. The lowest BCUT2D eigenvalue weighted by atomic mass is 10.1. The molecule has 1 amide bonds. The maximum absolute atomic E-state index is 12.4. The van der Waals surface area contributed by atoms with E-state index in [4.69, 9.17) is 9.47 Å². The molecule has 0 saturated carbocycles. The normalized spacial score (nSPS) is 11.1. The summed E-state index contributed by atoms with van der Waals surface area (Å²) in [5, 5.41) is 2.86. The fraction of sp³-hybridized carbons (Fsp3) is 0.185. The molecule has 0 atom stereocenters. The molecule has 192 valence electrons. The number of aromatic nitrogens is 2. The van der Waals surface area contributed by atoms with Crippen molar-refractivity contribution in [2.75, 3.05) is 24.1 Å². The van der Waals surface area contributed by atoms with Crippen molar-refractivity contribution < 1.29 is 22.7 Å². The molecule has 1 heterocycles. The fourth-order valence-electron chi connectivity index (χ4n) is 3.42. The van der Waals surface area contributed by atoms with Crippen LogP contribution in [-0.2, 0) is 16.6 Å². The van der Waals surface area contributed by atoms with Gasteiger partial charge in [0.05, 0.1) is 18.6 Å². The Kier molecular flexibility index (Phi) is 8.42. The Morgan fingerprint density at radius 2 is 1.62 bits per heavy atom. The first kappa shape index (κ1) is 25.8. The third kappa shape index (κ3) is 8.11. The van der Waals surface area contributed by atoms with E-state index in [1.165, 1.54) is 10.9 Å². The van der Waals surface area contributed by atoms with Crippen LogP contribution in [0.5, 0.6) is 11.5 Å². The van der Waals surface area contributed by atoms with Gasteiger partial charge in [-0.1, -0.05) is 30.3 Å². The van der Waals surface area contributed by atoms with Gasteiger partial charge in [-0.3, -0.25) is 9.29 Å². The Bertz CT molecular complexity index is 1400. The average Bonchev–Trinajstić information content (AvgIpc) is 3.39. The number of nitrogens with one attached hydrogen (secondary N) is 2. The van der Waals surface area contributed by atoms with Crippen LogP contribution in [-0.4, -0.2) is 43.4 Å². The van der Waals surface area contributed by atoms with Gasteiger partial charge in [-0.2, -0.15) is 0 Å². The molecule has 0 bridgehead atoms. The summed E-state index contributed by atoms with van der Waals surface area (Å²) in [6.45, 7) is 1.34. The quantitative estimate of drug-likeness (QED) is 0.281. The SMILES string of the molecule is CS(=O)(=O)Nc1ccc(COc2ccc(-c3cn(C(=O)NCCCOc4ccccc4)cn3)cc2)cc1. The molecule has 4 rings (SSSR count). The minimum absolute atomic E-state index is 0.254. The summed E-state index contributed by atoms with van der Waals surface area (Å²) in [5.41, 5.74) is 2.93. The highest BCUT2D eigenvalue weighted by atomic mass is 32.2. The van der Waals surface area contributed by atoms with E-state index in [2.05, 4.69) is 15.0 Å². The number of nitrogens with zero attached hydrogens (tertiary/aromatic N) is 2. The number of hydrogen-bond donors (Lipinski definition) is 2. The molecule has 0 saturated heterocycles. The molecule has 0 aliphatic heterocycles. The molecule has 3 aromatic carbocycles. The molecule has 0 aliphatic carbocycles. The summed E-state index contributed by atoms with van der Waals surface area (Å²) < 4.78 is 37.9. The van der Waals surface area contributed by atoms with Crippen LogP contribution in [0.2, 0.25) is 0 Å². The Hall–Kier alpha value is -4.31. The molecule has 9 nitrogen and oxygen atoms in total. The summed E-state index contributed by atoms with van der Waals surface area (Å²) in [7, 11) is -3.31. The van der Waals surface area contributed by atoms with Gasteiger partial charge in [0.1, 0.15) is 24.4 Å². The summed E-state index contributed by atoms with van der Waals surface area (Å²) >= 11 is 0. The molecular formula is C27H28N4O5S. The predicted molar refractivity (Wildman–Crippen MR) is 142 cm³/mol. The highest BCUT2D eigenvalue weighted by Gasteiger charge is 2.08. The number of ether oxygens (including phenoxy) is 2. The molecule has 0 radical (unpaired) electrons. The van der Waals surface area contributed by atoms with Crippen LogP contribution in [0.3, 0.4) is 0 Å². The summed E-state index contributed by atoms with van der Waals surface area (Å²) in [5.74, 6) is 1.49. The van der Waals surface area contributed by atoms with E-state index in [9.17, 15) is 13.2 Å². The predicted octanol–water partition coefficient (Wildman–Crippen LogP) is 4.53. The number of carbonyl (C=O) groups excluding carboxylic acids is 1. The second-order valence-corrected chi connectivity index (χ2v) is 10.0. The number of amides is 1. The highest BCUT2D eigenvalue weighted by Crippen LogP contribution is 2.22. The first-order valence-electron chi connectivity index (χ1n) is 11.7. The fourth-order valence-corrected chi connectivity index (χ4v) is 3.98. The zero-order valence-electron chi connectivity index (χ0n) is 20.3. The zero-order valence-corrected chi connectivity index (χ0v) is 21.1. The molecular weight excluding hydrogens is 492 g/mol. The Labute approximate surface area is 216 Å². The van der Waals surface area contributed by atoms with Crippen LogP contribution in [0.25, 0.3) is 11.3 Å². The Morgan fingerprint density at radius 3 is 2.32 bits per heavy atom. The maximum atomic E-state index is 12.4. The molecule has 0 unspecified atom stereocenters. The minimum atomic E-state index is -3.31. The van der Waals surface area contributed by atoms with Gasteiger partial charge in [-0.15, -0.1) is 0 Å². The Morgan fingerprint density at radius 1 is 0.919 bits per heavy atom. The van der Waals surface area contributed by atoms with Crippen LogP contribution in [0, 0.1) is 0 Å². The van der Waals surface area contributed by atoms with Crippen molar-refractivity contribution in [2.45, 2.75) is 13.0 Å². The van der Waals surface area contributed by atoms with Gasteiger partial charge < -0.3 is 14.8 Å². The van der Waals surface area contributed by atoms with E-state index in [-0.39, 0.29) is 6.03 Å². The number of sulfonamides is 1. The van der Waals surface area contributed by atoms with Crippen LogP contribution >= 0.6 is 0 Å². The molecule has 4 aromatic rings. The topological polar surface area (TPSA) is 112 Å². The van der Waals surface area contributed by atoms with Crippen molar-refractivity contribution in [3.8, 4) is 22.8 Å². The molecule has 37 heavy (non-hydrogen) atoms. The van der Waals surface area contributed by atoms with Crippen molar-refractivity contribution in [1.29, 1.82) is 0 Å². The average molecular weight is 521 g/mol. The second-order valence-electron chi connectivity index (χ2n) is 8.30. The summed E-state index contributed by atoms with van der Waals surface area (Å²) in [4.78, 5) is 16.7. The van der Waals surface area contributed by atoms with Gasteiger partial charge in [0.25, 0.3) is 0 Å². The molecule has 0 fully saturated rings. The lowest BCUT2D eigenvalue weighted by molar-refractivity contribution is 0.240. The van der Waals surface area contributed by atoms with E-state index in [0.29, 0.717) is 43.3 Å². The number of hydrogen-bond acceptors (Lipinski definition) is 6. The van der Waals surface area contributed by atoms with E-state index >= 15 is 0 Å². The first-order valence-corrected chi connectivity index (χ1v) is 13.5. The molecule has 0 aliphatic rings. The van der Waals surface area contributed by atoms with Crippen LogP contribution < -0.4 is 19.5 Å². The molecule has 10 heteroatoms. The minimum Gasteiger partial charge on any atom is -0.494 e. The van der Waals surface area contributed by atoms with Crippen molar-refractivity contribution in [3.05, 3.63) is 97.0 Å². The number of para-hydroxylation sites is 1. The first-order chi connectivity index (χ1) is 17.9. The highest BCUT2D eigenvalue weighted by molar-refractivity contribution is 7.92. The zero-order chi connectivity index (χ0) is 26.1. The van der Waals surface area contributed by atoms with Crippen molar-refractivity contribution >= 4 is 21.7 Å². The maximum Gasteiger partial charge on any atom is 0.326 e. The number of imidazole rings is 1. The van der Waals surface area contributed by atoms with Gasteiger partial charge in [-0.25, -0.2) is 18.2 Å². The van der Waals surface area contributed by atoms with Crippen molar-refractivity contribution in [2.24, 2.45) is 0 Å². The molecule has 1 aromatic heterocycles. The van der Waals surface area contributed by atoms with Crippen molar-refractivity contribution in [3.63, 3.8) is 0 Å². The van der Waals surface area contributed by atoms with Gasteiger partial charge in [0.15, 0.2) is 0 Å². The summed E-state index contributed by atoms with van der Waals surface area (Å²) in [6.07, 6.45) is 4.96. The van der Waals surface area contributed by atoms with E-state index in [1.54, 1.807) is 30.5 Å². The molecule has 2 N–H and O–H groups in total. The van der Waals surface area contributed by atoms with E-state index < -0.39 is 10.0 Å². The Balaban J connectivity index is 1.22. The van der Waals surface area contributed by atoms with Gasteiger partial charge in [0, 0.05) is 24.0 Å². The van der Waals surface area contributed by atoms with Crippen LogP contribution in [0.4, 0.5) is 10.5 Å². The van der Waals surface area contributed by atoms with Gasteiger partial charge in [-0.05, 0) is 60.5 Å². The third-order valence-electron chi connectivity index (χ3n) is 5.24. The van der Waals surface area contributed by atoms with Crippen LogP contribution in [0.15, 0.2) is 91.4 Å². The number of anilines is 1. The lowest BCUT2D eigenvalue weighted by Crippen LogP contribution is -2.29. The lowest BCUT2D eigenvalue weighted by Gasteiger charge is -2.08.